The van der Waals surface area contributed by atoms with Crippen LogP contribution in [-0.4, -0.2) is 9.38 Å². The standard InChI is InChI=1S/C23H22N4/c1-4-18-8-10-19(11-9-18)22-23(26-25-20-7-5-6-16(2)14-20)27-13-12-17(3)15-21(27)24-22/h5-15H,4H2,1-3H3. The molecule has 0 radical (unpaired) electrons. The summed E-state index contributed by atoms with van der Waals surface area (Å²) in [7, 11) is 0. The van der Waals surface area contributed by atoms with E-state index >= 15 is 0 Å². The molecule has 0 N–H and O–H groups in total. The largest absolute Gasteiger partial charge is 0.283 e. The molecule has 0 atom stereocenters. The Morgan fingerprint density at radius 1 is 0.889 bits per heavy atom. The molecule has 0 unspecified atom stereocenters. The normalized spacial score (nSPS) is 11.5. The Morgan fingerprint density at radius 2 is 1.67 bits per heavy atom. The molecule has 0 spiro atoms. The third-order valence-corrected chi connectivity index (χ3v) is 4.65. The molecule has 27 heavy (non-hydrogen) atoms. The van der Waals surface area contributed by atoms with E-state index in [0.717, 1.165) is 40.4 Å². The lowest BCUT2D eigenvalue weighted by Crippen LogP contribution is -1.84. The van der Waals surface area contributed by atoms with Crippen LogP contribution >= 0.6 is 0 Å². The van der Waals surface area contributed by atoms with Gasteiger partial charge in [0.1, 0.15) is 11.3 Å². The van der Waals surface area contributed by atoms with Gasteiger partial charge in [0, 0.05) is 11.8 Å². The molecule has 0 aliphatic rings. The van der Waals surface area contributed by atoms with Gasteiger partial charge in [-0.1, -0.05) is 43.3 Å². The molecule has 0 amide bonds. The number of rotatable bonds is 4. The van der Waals surface area contributed by atoms with Gasteiger partial charge < -0.3 is 0 Å². The Hall–Kier alpha value is -3.27. The molecule has 4 nitrogen and oxygen atoms in total. The van der Waals surface area contributed by atoms with Crippen LogP contribution in [0.25, 0.3) is 16.9 Å². The summed E-state index contributed by atoms with van der Waals surface area (Å²) in [5.74, 6) is 0.746. The fourth-order valence-corrected chi connectivity index (χ4v) is 3.12. The predicted molar refractivity (Wildman–Crippen MR) is 110 cm³/mol. The molecule has 0 saturated carbocycles. The fraction of sp³-hybridized carbons (Fsp3) is 0.174. The van der Waals surface area contributed by atoms with Crippen molar-refractivity contribution in [2.75, 3.05) is 0 Å². The van der Waals surface area contributed by atoms with E-state index in [2.05, 4.69) is 73.5 Å². The van der Waals surface area contributed by atoms with Crippen molar-refractivity contribution < 1.29 is 0 Å². The summed E-state index contributed by atoms with van der Waals surface area (Å²) in [6, 6.07) is 20.7. The van der Waals surface area contributed by atoms with Crippen molar-refractivity contribution in [3.05, 3.63) is 83.6 Å². The molecule has 2 aromatic carbocycles. The van der Waals surface area contributed by atoms with Crippen LogP contribution in [0.1, 0.15) is 23.6 Å². The number of pyridine rings is 1. The van der Waals surface area contributed by atoms with Crippen LogP contribution in [0, 0.1) is 13.8 Å². The molecule has 0 fully saturated rings. The van der Waals surface area contributed by atoms with Crippen molar-refractivity contribution in [2.24, 2.45) is 10.2 Å². The SMILES string of the molecule is CCc1ccc(-c2nc3cc(C)ccn3c2N=Nc2cccc(C)c2)cc1. The smallest absolute Gasteiger partial charge is 0.187 e. The second-order valence-electron chi connectivity index (χ2n) is 6.81. The van der Waals surface area contributed by atoms with Gasteiger partial charge in [-0.25, -0.2) is 4.98 Å². The van der Waals surface area contributed by atoms with E-state index in [1.54, 1.807) is 0 Å². The number of aryl methyl sites for hydroxylation is 3. The Kier molecular flexibility index (Phi) is 4.55. The lowest BCUT2D eigenvalue weighted by atomic mass is 10.1. The molecule has 4 rings (SSSR count). The number of hydrogen-bond donors (Lipinski definition) is 0. The molecular weight excluding hydrogens is 332 g/mol. The molecule has 0 bridgehead atoms. The first-order valence-electron chi connectivity index (χ1n) is 9.20. The minimum absolute atomic E-state index is 0.746. The van der Waals surface area contributed by atoms with Crippen molar-refractivity contribution in [1.82, 2.24) is 9.38 Å². The number of benzene rings is 2. The first-order chi connectivity index (χ1) is 13.1. The van der Waals surface area contributed by atoms with Crippen molar-refractivity contribution in [3.63, 3.8) is 0 Å². The highest BCUT2D eigenvalue weighted by Gasteiger charge is 2.14. The van der Waals surface area contributed by atoms with E-state index in [-0.39, 0.29) is 0 Å². The molecule has 4 aromatic rings. The predicted octanol–water partition coefficient (Wildman–Crippen LogP) is 6.60. The number of azo groups is 1. The van der Waals surface area contributed by atoms with E-state index in [4.69, 9.17) is 4.98 Å². The topological polar surface area (TPSA) is 42.0 Å². The zero-order valence-electron chi connectivity index (χ0n) is 15.8. The van der Waals surface area contributed by atoms with Crippen LogP contribution in [0.2, 0.25) is 0 Å². The highest BCUT2D eigenvalue weighted by molar-refractivity contribution is 5.74. The maximum absolute atomic E-state index is 4.84. The van der Waals surface area contributed by atoms with Gasteiger partial charge in [0.25, 0.3) is 0 Å². The van der Waals surface area contributed by atoms with E-state index < -0.39 is 0 Å². The van der Waals surface area contributed by atoms with E-state index in [9.17, 15) is 0 Å². The maximum Gasteiger partial charge on any atom is 0.187 e. The number of aromatic nitrogens is 2. The first kappa shape index (κ1) is 17.2. The number of hydrogen-bond acceptors (Lipinski definition) is 3. The zero-order chi connectivity index (χ0) is 18.8. The van der Waals surface area contributed by atoms with Gasteiger partial charge in [0.05, 0.1) is 5.69 Å². The highest BCUT2D eigenvalue weighted by Crippen LogP contribution is 2.32. The van der Waals surface area contributed by atoms with Crippen LogP contribution < -0.4 is 0 Å². The van der Waals surface area contributed by atoms with E-state index in [1.807, 2.05) is 28.8 Å². The molecule has 0 saturated heterocycles. The Labute approximate surface area is 159 Å². The van der Waals surface area contributed by atoms with Crippen LogP contribution in [0.3, 0.4) is 0 Å². The summed E-state index contributed by atoms with van der Waals surface area (Å²) in [4.78, 5) is 4.84. The van der Waals surface area contributed by atoms with Gasteiger partial charge in [0.2, 0.25) is 0 Å². The second kappa shape index (κ2) is 7.16. The Bertz CT molecular complexity index is 1120. The lowest BCUT2D eigenvalue weighted by Gasteiger charge is -2.02. The molecule has 0 aliphatic heterocycles. The number of fused-ring (bicyclic) bond motifs is 1. The Morgan fingerprint density at radius 3 is 2.41 bits per heavy atom. The van der Waals surface area contributed by atoms with Gasteiger partial charge in [-0.2, -0.15) is 0 Å². The third kappa shape index (κ3) is 3.51. The monoisotopic (exact) mass is 354 g/mol. The van der Waals surface area contributed by atoms with Crippen molar-refractivity contribution in [2.45, 2.75) is 27.2 Å². The molecule has 2 aromatic heterocycles. The highest BCUT2D eigenvalue weighted by atomic mass is 15.2. The van der Waals surface area contributed by atoms with Crippen LogP contribution in [0.5, 0.6) is 0 Å². The first-order valence-corrected chi connectivity index (χ1v) is 9.20. The van der Waals surface area contributed by atoms with Crippen molar-refractivity contribution in [3.8, 4) is 11.3 Å². The van der Waals surface area contributed by atoms with Crippen molar-refractivity contribution in [1.29, 1.82) is 0 Å². The van der Waals surface area contributed by atoms with Gasteiger partial charge in [0.15, 0.2) is 5.82 Å². The zero-order valence-corrected chi connectivity index (χ0v) is 15.8. The lowest BCUT2D eigenvalue weighted by molar-refractivity contribution is 1.10. The maximum atomic E-state index is 4.84. The minimum atomic E-state index is 0.746. The summed E-state index contributed by atoms with van der Waals surface area (Å²) in [6.07, 6.45) is 3.02. The summed E-state index contributed by atoms with van der Waals surface area (Å²) < 4.78 is 2.00. The average Bonchev–Trinajstić information content (AvgIpc) is 3.04. The minimum Gasteiger partial charge on any atom is -0.283 e. The van der Waals surface area contributed by atoms with Gasteiger partial charge in [-0.05, 0) is 61.2 Å². The van der Waals surface area contributed by atoms with Gasteiger partial charge >= 0.3 is 0 Å². The molecule has 4 heteroatoms. The van der Waals surface area contributed by atoms with Gasteiger partial charge in [-0.15, -0.1) is 10.2 Å². The fourth-order valence-electron chi connectivity index (χ4n) is 3.12. The number of nitrogens with zero attached hydrogens (tertiary/aromatic N) is 4. The van der Waals surface area contributed by atoms with Crippen LogP contribution in [0.15, 0.2) is 77.1 Å². The van der Waals surface area contributed by atoms with Crippen LogP contribution in [0.4, 0.5) is 11.5 Å². The van der Waals surface area contributed by atoms with Crippen molar-refractivity contribution >= 4 is 17.2 Å². The second-order valence-corrected chi connectivity index (χ2v) is 6.81. The molecular formula is C23H22N4. The number of imidazole rings is 1. The Balaban J connectivity index is 1.85. The summed E-state index contributed by atoms with van der Waals surface area (Å²) in [5, 5.41) is 9.05. The molecule has 134 valence electrons. The van der Waals surface area contributed by atoms with E-state index in [0.29, 0.717) is 0 Å². The molecule has 0 aliphatic carbocycles. The van der Waals surface area contributed by atoms with Gasteiger partial charge in [-0.3, -0.25) is 4.40 Å². The third-order valence-electron chi connectivity index (χ3n) is 4.65. The summed E-state index contributed by atoms with van der Waals surface area (Å²) >= 11 is 0. The quantitative estimate of drug-likeness (QED) is 0.381. The van der Waals surface area contributed by atoms with Crippen LogP contribution in [-0.2, 0) is 6.42 Å². The summed E-state index contributed by atoms with van der Waals surface area (Å²) in [6.45, 7) is 6.28. The average molecular weight is 354 g/mol. The summed E-state index contributed by atoms with van der Waals surface area (Å²) in [5.41, 5.74) is 7.25. The molecule has 2 heterocycles. The van der Waals surface area contributed by atoms with E-state index in [1.165, 1.54) is 11.1 Å².